The van der Waals surface area contributed by atoms with Gasteiger partial charge >= 0.3 is 80.1 Å². The van der Waals surface area contributed by atoms with Gasteiger partial charge in [0.05, 0.1) is 0 Å². The van der Waals surface area contributed by atoms with Crippen LogP contribution in [-0.4, -0.2) is 20.0 Å². The first-order chi connectivity index (χ1) is 6.08. The maximum absolute atomic E-state index is 11.7. The van der Waals surface area contributed by atoms with E-state index in [-0.39, 0.29) is 0 Å². The molecule has 0 radical (unpaired) electrons. The summed E-state index contributed by atoms with van der Waals surface area (Å²) in [6.07, 6.45) is 1.49. The van der Waals surface area contributed by atoms with E-state index in [2.05, 4.69) is 0 Å². The zero-order valence-corrected chi connectivity index (χ0v) is 8.30. The third-order valence-corrected chi connectivity index (χ3v) is 2.39. The summed E-state index contributed by atoms with van der Waals surface area (Å²) in [5.41, 5.74) is 0.800. The molecular weight excluding hydrogens is 244 g/mol. The topological polar surface area (TPSA) is 0 Å². The van der Waals surface area contributed by atoms with Gasteiger partial charge < -0.3 is 0 Å². The molecule has 1 rings (SSSR count). The molecule has 0 nitrogen and oxygen atoms in total. The van der Waals surface area contributed by atoms with Gasteiger partial charge in [-0.1, -0.05) is 0 Å². The van der Waals surface area contributed by atoms with Crippen molar-refractivity contribution in [3.63, 3.8) is 0 Å². The van der Waals surface area contributed by atoms with Crippen molar-refractivity contribution in [1.29, 1.82) is 0 Å². The molecule has 0 saturated heterocycles. The van der Waals surface area contributed by atoms with Crippen LogP contribution in [0.2, 0.25) is 0 Å². The van der Waals surface area contributed by atoms with E-state index in [4.69, 9.17) is 0 Å². The molecule has 0 aliphatic rings. The van der Waals surface area contributed by atoms with Crippen LogP contribution in [0.4, 0.5) is 13.2 Å². The number of hydrogen-bond donors (Lipinski definition) is 0. The molecule has 0 atom stereocenters. The van der Waals surface area contributed by atoms with Crippen LogP contribution in [0.1, 0.15) is 5.56 Å². The average Bonchev–Trinajstić information content (AvgIpc) is 2.04. The normalized spacial score (nSPS) is 12.2. The number of hydrogen-bond acceptors (Lipinski definition) is 0. The molecule has 13 heavy (non-hydrogen) atoms. The van der Waals surface area contributed by atoms with Crippen LogP contribution in [-0.2, 0) is 0 Å². The summed E-state index contributed by atoms with van der Waals surface area (Å²) in [7, 11) is 0. The average molecular weight is 251 g/mol. The number of alkyl halides is 3. The third-order valence-electron chi connectivity index (χ3n) is 1.26. The van der Waals surface area contributed by atoms with Gasteiger partial charge in [-0.3, -0.25) is 0 Å². The molecule has 0 amide bonds. The summed E-state index contributed by atoms with van der Waals surface area (Å²) in [6, 6.07) is 8.94. The Balaban J connectivity index is 2.51. The molecule has 0 spiro atoms. The summed E-state index contributed by atoms with van der Waals surface area (Å²) >= 11 is -1.41. The summed E-state index contributed by atoms with van der Waals surface area (Å²) < 4.78 is 35.2. The molecule has 0 aromatic heterocycles. The fraction of sp³-hybridized carbons (Fsp3) is 0.111. The second-order valence-electron chi connectivity index (χ2n) is 2.28. The fourth-order valence-electron chi connectivity index (χ4n) is 0.754. The van der Waals surface area contributed by atoms with E-state index < -0.39 is 20.0 Å². The Bertz CT molecular complexity index is 277. The van der Waals surface area contributed by atoms with E-state index >= 15 is 0 Å². The molecule has 0 N–H and O–H groups in total. The van der Waals surface area contributed by atoms with Crippen LogP contribution in [0.25, 0.3) is 6.08 Å². The molecule has 0 aliphatic heterocycles. The van der Waals surface area contributed by atoms with Gasteiger partial charge in [-0.25, -0.2) is 0 Å². The van der Waals surface area contributed by atoms with Gasteiger partial charge in [0.15, 0.2) is 0 Å². The third kappa shape index (κ3) is 4.76. The molecule has 0 fully saturated rings. The van der Waals surface area contributed by atoms with E-state index in [1.165, 1.54) is 11.1 Å². The minimum atomic E-state index is -4.04. The van der Waals surface area contributed by atoms with Crippen LogP contribution in [0, 0.1) is 0 Å². The van der Waals surface area contributed by atoms with Gasteiger partial charge in [0.2, 0.25) is 0 Å². The molecule has 70 valence electrons. The Morgan fingerprint density at radius 3 is 2.23 bits per heavy atom. The Kier molecular flexibility index (Phi) is 3.58. The Hall–Kier alpha value is -0.731. The van der Waals surface area contributed by atoms with Gasteiger partial charge in [0, 0.05) is 0 Å². The van der Waals surface area contributed by atoms with E-state index in [9.17, 15) is 13.2 Å². The van der Waals surface area contributed by atoms with Crippen molar-refractivity contribution in [3.05, 3.63) is 40.9 Å². The first kappa shape index (κ1) is 10.4. The first-order valence-electron chi connectivity index (χ1n) is 3.54. The maximum atomic E-state index is 11.7. The zero-order chi connectivity index (χ0) is 9.73. The van der Waals surface area contributed by atoms with Crippen LogP contribution in [0.3, 0.4) is 0 Å². The minimum absolute atomic E-state index is 0.800. The molecule has 0 aliphatic carbocycles. The van der Waals surface area contributed by atoms with Crippen molar-refractivity contribution in [3.8, 4) is 0 Å². The van der Waals surface area contributed by atoms with Crippen LogP contribution in [0.5, 0.6) is 0 Å². The van der Waals surface area contributed by atoms with Crippen LogP contribution in [0.15, 0.2) is 35.3 Å². The van der Waals surface area contributed by atoms with Crippen LogP contribution < -0.4 is 0 Å². The van der Waals surface area contributed by atoms with E-state index in [1.807, 2.05) is 6.07 Å². The molecule has 0 saturated carbocycles. The van der Waals surface area contributed by atoms with Crippen molar-refractivity contribution in [2.45, 2.75) is 5.07 Å². The van der Waals surface area contributed by atoms with Gasteiger partial charge in [-0.2, -0.15) is 0 Å². The molecule has 0 heterocycles. The molecular formula is C9H7F3Se. The van der Waals surface area contributed by atoms with Crippen molar-refractivity contribution in [2.75, 3.05) is 0 Å². The monoisotopic (exact) mass is 252 g/mol. The number of halogens is 3. The van der Waals surface area contributed by atoms with Crippen LogP contribution >= 0.6 is 0 Å². The van der Waals surface area contributed by atoms with E-state index in [0.29, 0.717) is 0 Å². The Labute approximate surface area is 80.6 Å². The quantitative estimate of drug-likeness (QED) is 0.709. The SMILES string of the molecule is FC(F)(F)[Se]/C=C/c1ccccc1. The van der Waals surface area contributed by atoms with Gasteiger partial charge in [0.1, 0.15) is 0 Å². The fourth-order valence-corrected chi connectivity index (χ4v) is 1.55. The van der Waals surface area contributed by atoms with Gasteiger partial charge in [0.25, 0.3) is 0 Å². The van der Waals surface area contributed by atoms with Gasteiger partial charge in [-0.05, 0) is 0 Å². The summed E-state index contributed by atoms with van der Waals surface area (Å²) in [4.78, 5) is 1.18. The summed E-state index contributed by atoms with van der Waals surface area (Å²) in [6.45, 7) is 0. The van der Waals surface area contributed by atoms with Crippen molar-refractivity contribution < 1.29 is 13.2 Å². The first-order valence-corrected chi connectivity index (χ1v) is 5.39. The predicted molar refractivity (Wildman–Crippen MR) is 47.3 cm³/mol. The van der Waals surface area contributed by atoms with Crippen molar-refractivity contribution >= 4 is 21.0 Å². The van der Waals surface area contributed by atoms with E-state index in [0.717, 1.165) is 5.56 Å². The number of benzene rings is 1. The Morgan fingerprint density at radius 1 is 1.08 bits per heavy atom. The van der Waals surface area contributed by atoms with Crippen molar-refractivity contribution in [2.24, 2.45) is 0 Å². The van der Waals surface area contributed by atoms with Crippen molar-refractivity contribution in [1.82, 2.24) is 0 Å². The number of rotatable bonds is 2. The summed E-state index contributed by atoms with van der Waals surface area (Å²) in [5, 5.41) is -4.04. The molecule has 0 bridgehead atoms. The molecule has 0 unspecified atom stereocenters. The zero-order valence-electron chi connectivity index (χ0n) is 6.58. The van der Waals surface area contributed by atoms with E-state index in [1.54, 1.807) is 24.3 Å². The molecule has 1 aromatic rings. The molecule has 4 heteroatoms. The Morgan fingerprint density at radius 2 is 1.69 bits per heavy atom. The summed E-state index contributed by atoms with van der Waals surface area (Å²) in [5.74, 6) is 0. The second-order valence-corrected chi connectivity index (χ2v) is 4.31. The molecule has 1 aromatic carbocycles. The second kappa shape index (κ2) is 4.49. The van der Waals surface area contributed by atoms with Gasteiger partial charge in [-0.15, -0.1) is 0 Å². The predicted octanol–water partition coefficient (Wildman–Crippen LogP) is 2.88. The standard InChI is InChI=1S/C9H7F3Se/c10-9(11,12)13-7-6-8-4-2-1-3-5-8/h1-7H/b7-6+.